The normalized spacial score (nSPS) is 10.4. The van der Waals surface area contributed by atoms with E-state index in [4.69, 9.17) is 4.74 Å². The van der Waals surface area contributed by atoms with Crippen LogP contribution in [0.4, 0.5) is 0 Å². The van der Waals surface area contributed by atoms with E-state index in [1.807, 2.05) is 18.2 Å². The van der Waals surface area contributed by atoms with Crippen LogP contribution in [0.3, 0.4) is 0 Å². The molecule has 0 aliphatic rings. The molecule has 2 aromatic rings. The molecule has 0 spiro atoms. The first kappa shape index (κ1) is 12.7. The maximum Gasteiger partial charge on any atom is 0.118 e. The molecule has 0 aromatic heterocycles. The second-order valence-corrected chi connectivity index (χ2v) is 4.61. The highest BCUT2D eigenvalue weighted by Gasteiger charge is 2.02. The Balaban J connectivity index is 2.04. The van der Waals surface area contributed by atoms with Crippen LogP contribution in [0.2, 0.25) is 0 Å². The third kappa shape index (κ3) is 2.92. The molecule has 1 nitrogen and oxygen atoms in total. The molecular weight excluding hydrogens is 220 g/mol. The average Bonchev–Trinajstić information content (AvgIpc) is 2.41. The van der Waals surface area contributed by atoms with E-state index in [2.05, 4.69) is 38.1 Å². The predicted molar refractivity (Wildman–Crippen MR) is 75.2 cm³/mol. The Bertz CT molecular complexity index is 512. The van der Waals surface area contributed by atoms with Crippen LogP contribution in [-0.4, -0.2) is 7.11 Å². The Morgan fingerprint density at radius 2 is 1.72 bits per heavy atom. The molecule has 2 aromatic carbocycles. The zero-order chi connectivity index (χ0) is 13.0. The van der Waals surface area contributed by atoms with Gasteiger partial charge in [-0.2, -0.15) is 0 Å². The van der Waals surface area contributed by atoms with Crippen molar-refractivity contribution >= 4 is 0 Å². The standard InChI is InChI=1S/C17H19O/c1-13-5-4-6-16(14(13)2)10-7-15-8-11-17(18-3)12-9-15/h4-5,8-9,11-12H,7,10H2,1-3H3. The van der Waals surface area contributed by atoms with E-state index in [9.17, 15) is 0 Å². The molecule has 1 heteroatoms. The summed E-state index contributed by atoms with van der Waals surface area (Å²) >= 11 is 0. The highest BCUT2D eigenvalue weighted by molar-refractivity contribution is 5.33. The molecule has 0 heterocycles. The number of ether oxygens (including phenoxy) is 1. The molecule has 93 valence electrons. The van der Waals surface area contributed by atoms with E-state index in [0.717, 1.165) is 18.6 Å². The summed E-state index contributed by atoms with van der Waals surface area (Å²) in [6, 6.07) is 15.8. The quantitative estimate of drug-likeness (QED) is 0.786. The van der Waals surface area contributed by atoms with E-state index in [1.165, 1.54) is 22.3 Å². The second-order valence-electron chi connectivity index (χ2n) is 4.61. The predicted octanol–water partition coefficient (Wildman–Crippen LogP) is 3.90. The second kappa shape index (κ2) is 5.72. The summed E-state index contributed by atoms with van der Waals surface area (Å²) in [5.41, 5.74) is 5.38. The largest absolute Gasteiger partial charge is 0.497 e. The molecule has 0 N–H and O–H groups in total. The van der Waals surface area contributed by atoms with E-state index in [1.54, 1.807) is 7.11 Å². The van der Waals surface area contributed by atoms with Crippen LogP contribution in [0.25, 0.3) is 0 Å². The van der Waals surface area contributed by atoms with Crippen molar-refractivity contribution in [1.29, 1.82) is 0 Å². The first-order chi connectivity index (χ1) is 8.70. The Morgan fingerprint density at radius 3 is 2.39 bits per heavy atom. The minimum atomic E-state index is 0.914. The molecular formula is C17H19O. The van der Waals surface area contributed by atoms with Crippen LogP contribution in [0.5, 0.6) is 5.75 Å². The molecule has 0 bridgehead atoms. The average molecular weight is 239 g/mol. The summed E-state index contributed by atoms with van der Waals surface area (Å²) in [6.45, 7) is 4.33. The van der Waals surface area contributed by atoms with E-state index in [0.29, 0.717) is 0 Å². The number of hydrogen-bond acceptors (Lipinski definition) is 1. The Hall–Kier alpha value is -1.76. The monoisotopic (exact) mass is 239 g/mol. The van der Waals surface area contributed by atoms with Gasteiger partial charge >= 0.3 is 0 Å². The van der Waals surface area contributed by atoms with E-state index < -0.39 is 0 Å². The van der Waals surface area contributed by atoms with Gasteiger partial charge in [0.2, 0.25) is 0 Å². The molecule has 0 aliphatic heterocycles. The Labute approximate surface area is 109 Å². The first-order valence-corrected chi connectivity index (χ1v) is 6.30. The van der Waals surface area contributed by atoms with Gasteiger partial charge in [-0.25, -0.2) is 0 Å². The fraction of sp³-hybridized carbons (Fsp3) is 0.294. The Morgan fingerprint density at radius 1 is 1.00 bits per heavy atom. The fourth-order valence-electron chi connectivity index (χ4n) is 2.06. The first-order valence-electron chi connectivity index (χ1n) is 6.30. The smallest absolute Gasteiger partial charge is 0.118 e. The van der Waals surface area contributed by atoms with Gasteiger partial charge in [0.1, 0.15) is 5.75 Å². The molecule has 1 radical (unpaired) electrons. The molecule has 0 atom stereocenters. The molecule has 0 fully saturated rings. The molecule has 0 aliphatic carbocycles. The summed E-state index contributed by atoms with van der Waals surface area (Å²) in [4.78, 5) is 0. The number of benzene rings is 2. The van der Waals surface area contributed by atoms with Gasteiger partial charge in [0.15, 0.2) is 0 Å². The summed E-state index contributed by atoms with van der Waals surface area (Å²) in [7, 11) is 1.69. The molecule has 2 rings (SSSR count). The van der Waals surface area contributed by atoms with Gasteiger partial charge in [-0.15, -0.1) is 0 Å². The van der Waals surface area contributed by atoms with Crippen LogP contribution in [-0.2, 0) is 12.8 Å². The van der Waals surface area contributed by atoms with Crippen molar-refractivity contribution in [2.24, 2.45) is 0 Å². The zero-order valence-electron chi connectivity index (χ0n) is 11.3. The highest BCUT2D eigenvalue weighted by Crippen LogP contribution is 2.16. The highest BCUT2D eigenvalue weighted by atomic mass is 16.5. The maximum atomic E-state index is 5.16. The van der Waals surface area contributed by atoms with Gasteiger partial charge in [0.25, 0.3) is 0 Å². The van der Waals surface area contributed by atoms with Gasteiger partial charge < -0.3 is 4.74 Å². The topological polar surface area (TPSA) is 9.23 Å². The molecule has 0 saturated carbocycles. The van der Waals surface area contributed by atoms with E-state index in [-0.39, 0.29) is 0 Å². The third-order valence-electron chi connectivity index (χ3n) is 3.46. The Kier molecular flexibility index (Phi) is 4.03. The van der Waals surface area contributed by atoms with Gasteiger partial charge in [-0.1, -0.05) is 24.3 Å². The minimum Gasteiger partial charge on any atom is -0.497 e. The summed E-state index contributed by atoms with van der Waals surface area (Å²) in [5, 5.41) is 0. The van der Waals surface area contributed by atoms with Crippen LogP contribution in [0.15, 0.2) is 36.4 Å². The van der Waals surface area contributed by atoms with Crippen LogP contribution in [0.1, 0.15) is 22.3 Å². The van der Waals surface area contributed by atoms with Crippen molar-refractivity contribution in [1.82, 2.24) is 0 Å². The van der Waals surface area contributed by atoms with Crippen LogP contribution >= 0.6 is 0 Å². The van der Waals surface area contributed by atoms with Crippen molar-refractivity contribution in [3.63, 3.8) is 0 Å². The molecule has 0 unspecified atom stereocenters. The van der Waals surface area contributed by atoms with Crippen molar-refractivity contribution in [2.45, 2.75) is 26.7 Å². The molecule has 0 amide bonds. The van der Waals surface area contributed by atoms with Gasteiger partial charge in [0.05, 0.1) is 7.11 Å². The van der Waals surface area contributed by atoms with Crippen LogP contribution in [0, 0.1) is 19.9 Å². The lowest BCUT2D eigenvalue weighted by atomic mass is 9.97. The van der Waals surface area contributed by atoms with E-state index >= 15 is 0 Å². The van der Waals surface area contributed by atoms with Crippen molar-refractivity contribution < 1.29 is 4.74 Å². The lowest BCUT2D eigenvalue weighted by molar-refractivity contribution is 0.414. The number of hydrogen-bond donors (Lipinski definition) is 0. The maximum absolute atomic E-state index is 5.16. The van der Waals surface area contributed by atoms with Crippen molar-refractivity contribution in [2.75, 3.05) is 7.11 Å². The lowest BCUT2D eigenvalue weighted by Crippen LogP contribution is -1.96. The van der Waals surface area contributed by atoms with Gasteiger partial charge in [-0.05, 0) is 67.1 Å². The number of aryl methyl sites for hydroxylation is 3. The van der Waals surface area contributed by atoms with Gasteiger partial charge in [-0.3, -0.25) is 0 Å². The SMILES string of the molecule is COc1ccc(CCc2[c]ccc(C)c2C)cc1. The zero-order valence-corrected chi connectivity index (χ0v) is 11.3. The van der Waals surface area contributed by atoms with Crippen molar-refractivity contribution in [3.8, 4) is 5.75 Å². The molecule has 0 saturated heterocycles. The summed E-state index contributed by atoms with van der Waals surface area (Å²) in [5.74, 6) is 0.914. The van der Waals surface area contributed by atoms with Crippen LogP contribution < -0.4 is 4.74 Å². The lowest BCUT2D eigenvalue weighted by Gasteiger charge is -2.08. The fourth-order valence-corrected chi connectivity index (χ4v) is 2.06. The number of rotatable bonds is 4. The van der Waals surface area contributed by atoms with Gasteiger partial charge in [0, 0.05) is 0 Å². The van der Waals surface area contributed by atoms with Crippen molar-refractivity contribution in [3.05, 3.63) is 64.7 Å². The number of methoxy groups -OCH3 is 1. The third-order valence-corrected chi connectivity index (χ3v) is 3.46. The minimum absolute atomic E-state index is 0.914. The summed E-state index contributed by atoms with van der Waals surface area (Å²) in [6.07, 6.45) is 2.09. The molecule has 18 heavy (non-hydrogen) atoms. The summed E-state index contributed by atoms with van der Waals surface area (Å²) < 4.78 is 5.16.